The van der Waals surface area contributed by atoms with Crippen LogP contribution in [0.1, 0.15) is 78.1 Å². The fourth-order valence-electron chi connectivity index (χ4n) is 8.30. The van der Waals surface area contributed by atoms with Crippen LogP contribution in [-0.4, -0.2) is 93.1 Å². The Balaban J connectivity index is 1.02. The van der Waals surface area contributed by atoms with E-state index < -0.39 is 24.3 Å². The molecule has 2 aromatic carbocycles. The molecule has 59 heavy (non-hydrogen) atoms. The highest BCUT2D eigenvalue weighted by Gasteiger charge is 2.41. The minimum Gasteiger partial charge on any atom is -0.453 e. The molecule has 5 heterocycles. The molecule has 15 heteroatoms. The predicted molar refractivity (Wildman–Crippen MR) is 227 cm³/mol. The monoisotopic (exact) mass is 822 g/mol. The third kappa shape index (κ3) is 8.70. The molecule has 7 rings (SSSR count). The van der Waals surface area contributed by atoms with Crippen LogP contribution in [0.5, 0.6) is 0 Å². The van der Waals surface area contributed by atoms with Gasteiger partial charge in [-0.05, 0) is 64.8 Å². The number of alkyl carbamates (subject to hydrolysis) is 2. The molecule has 5 aromatic rings. The van der Waals surface area contributed by atoms with Gasteiger partial charge in [0.15, 0.2) is 0 Å². The summed E-state index contributed by atoms with van der Waals surface area (Å²) in [4.78, 5) is 73.7. The van der Waals surface area contributed by atoms with Crippen molar-refractivity contribution in [2.45, 2.75) is 78.6 Å². The first kappa shape index (κ1) is 41.5. The fraction of sp³-hybridized carbons (Fsp3) is 0.455. The molecule has 2 saturated heterocycles. The molecule has 0 saturated carbocycles. The summed E-state index contributed by atoms with van der Waals surface area (Å²) in [6.45, 7) is 13.1. The maximum absolute atomic E-state index is 13.7. The summed E-state index contributed by atoms with van der Waals surface area (Å²) in [5.41, 5.74) is 6.03. The topological polar surface area (TPSA) is 175 Å². The van der Waals surface area contributed by atoms with Crippen molar-refractivity contribution in [3.8, 4) is 32.8 Å². The van der Waals surface area contributed by atoms with E-state index in [1.165, 1.54) is 14.2 Å². The number of nitrogens with zero attached hydrogens (tertiary/aromatic N) is 4. The standard InChI is InChI=1S/C44H54N8O6S/c1-23(2)36(48-43(55)57-7)41(53)51-21-25(5)17-33(51)38-45-20-32(47-38)29-13-9-27(10-14-29)28-11-15-30(16-12-28)35-19-31-40(59-35)50-39(46-31)34-18-26(6)22-52(34)42(54)37(24(3)4)49-44(56)58-8/h9-16,19-20,23-26,33-34,36-37H,17-18,21-22H2,1-8H3,(H,45,47)(H,46,50)(H,48,55)(H,49,56)/t25-,26-,33-,34+,36-,37-/m0/s1. The lowest BCUT2D eigenvalue weighted by Gasteiger charge is -2.30. The molecule has 312 valence electrons. The lowest BCUT2D eigenvalue weighted by molar-refractivity contribution is -0.136. The summed E-state index contributed by atoms with van der Waals surface area (Å²) in [6.07, 6.45) is 2.13. The maximum Gasteiger partial charge on any atom is 0.407 e. The van der Waals surface area contributed by atoms with Gasteiger partial charge in [-0.2, -0.15) is 0 Å². The van der Waals surface area contributed by atoms with Crippen LogP contribution in [0, 0.1) is 23.7 Å². The second-order valence-corrected chi connectivity index (χ2v) is 17.7. The molecule has 2 aliphatic heterocycles. The van der Waals surface area contributed by atoms with Crippen molar-refractivity contribution in [3.05, 3.63) is 72.4 Å². The summed E-state index contributed by atoms with van der Waals surface area (Å²) in [5.74, 6) is 1.57. The van der Waals surface area contributed by atoms with E-state index in [9.17, 15) is 19.2 Å². The van der Waals surface area contributed by atoms with Crippen LogP contribution in [0.25, 0.3) is 43.2 Å². The van der Waals surface area contributed by atoms with Crippen LogP contribution >= 0.6 is 11.3 Å². The SMILES string of the molecule is COC(=O)N[C@H](C(=O)N1C[C@@H](C)C[C@@H]1c1nc2sc(-c3ccc(-c4ccc(-c5cnc([C@@H]6C[C@H](C)CN6C(=O)[C@@H](NC(=O)OC)C(C)C)[nH]5)cc4)cc3)cc2[nH]1)C(C)C. The molecule has 0 bridgehead atoms. The van der Waals surface area contributed by atoms with Crippen molar-refractivity contribution in [2.75, 3.05) is 27.3 Å². The second kappa shape index (κ2) is 17.3. The van der Waals surface area contributed by atoms with Gasteiger partial charge in [0.25, 0.3) is 0 Å². The number of carbonyl (C=O) groups is 4. The zero-order chi connectivity index (χ0) is 42.1. The first-order valence-electron chi connectivity index (χ1n) is 20.3. The minimum atomic E-state index is -0.697. The highest BCUT2D eigenvalue weighted by atomic mass is 32.1. The van der Waals surface area contributed by atoms with Gasteiger partial charge in [0.2, 0.25) is 11.8 Å². The van der Waals surface area contributed by atoms with Crippen LogP contribution < -0.4 is 10.6 Å². The number of methoxy groups -OCH3 is 2. The number of aromatic amines is 2. The van der Waals surface area contributed by atoms with Gasteiger partial charge in [-0.25, -0.2) is 19.6 Å². The molecule has 4 amide bonds. The van der Waals surface area contributed by atoms with Crippen molar-refractivity contribution >= 4 is 45.7 Å². The Hall–Kier alpha value is -5.70. The normalized spacial score (nSPS) is 20.3. The number of aromatic nitrogens is 4. The average molecular weight is 823 g/mol. The van der Waals surface area contributed by atoms with Gasteiger partial charge in [-0.1, -0.05) is 90.1 Å². The molecule has 4 N–H and O–H groups in total. The van der Waals surface area contributed by atoms with E-state index in [1.807, 2.05) is 43.7 Å². The first-order chi connectivity index (χ1) is 28.2. The van der Waals surface area contributed by atoms with E-state index in [0.717, 1.165) is 67.7 Å². The number of benzene rings is 2. The number of fused-ring (bicyclic) bond motifs is 1. The number of H-pyrrole nitrogens is 2. The van der Waals surface area contributed by atoms with Crippen molar-refractivity contribution in [1.29, 1.82) is 0 Å². The Labute approximate surface area is 348 Å². The van der Waals surface area contributed by atoms with Crippen molar-refractivity contribution in [3.63, 3.8) is 0 Å². The van der Waals surface area contributed by atoms with E-state index in [-0.39, 0.29) is 41.7 Å². The van der Waals surface area contributed by atoms with Gasteiger partial charge >= 0.3 is 12.2 Å². The predicted octanol–water partition coefficient (Wildman–Crippen LogP) is 7.93. The molecular weight excluding hydrogens is 769 g/mol. The molecule has 14 nitrogen and oxygen atoms in total. The molecular formula is C44H54N8O6S. The highest BCUT2D eigenvalue weighted by molar-refractivity contribution is 7.21. The van der Waals surface area contributed by atoms with Gasteiger partial charge in [0, 0.05) is 18.0 Å². The Bertz CT molecular complexity index is 2270. The van der Waals surface area contributed by atoms with E-state index in [4.69, 9.17) is 19.4 Å². The van der Waals surface area contributed by atoms with Crippen LogP contribution in [0.2, 0.25) is 0 Å². The van der Waals surface area contributed by atoms with Gasteiger partial charge in [0.1, 0.15) is 28.6 Å². The largest absolute Gasteiger partial charge is 0.453 e. The van der Waals surface area contributed by atoms with Gasteiger partial charge in [-0.15, -0.1) is 11.3 Å². The minimum absolute atomic E-state index is 0.107. The first-order valence-corrected chi connectivity index (χ1v) is 21.1. The molecule has 0 aliphatic carbocycles. The Morgan fingerprint density at radius 1 is 0.712 bits per heavy atom. The van der Waals surface area contributed by atoms with Crippen molar-refractivity contribution in [1.82, 2.24) is 40.4 Å². The van der Waals surface area contributed by atoms with Crippen LogP contribution in [-0.2, 0) is 19.1 Å². The highest BCUT2D eigenvalue weighted by Crippen LogP contribution is 2.40. The number of amides is 4. The number of ether oxygens (including phenoxy) is 2. The second-order valence-electron chi connectivity index (χ2n) is 16.7. The number of imidazole rings is 2. The van der Waals surface area contributed by atoms with E-state index in [0.29, 0.717) is 19.0 Å². The van der Waals surface area contributed by atoms with Gasteiger partial charge in [0.05, 0.1) is 43.7 Å². The number of likely N-dealkylation sites (tertiary alicyclic amines) is 2. The summed E-state index contributed by atoms with van der Waals surface area (Å²) in [6, 6.07) is 17.1. The van der Waals surface area contributed by atoms with Crippen LogP contribution in [0.15, 0.2) is 60.8 Å². The van der Waals surface area contributed by atoms with Crippen molar-refractivity contribution < 1.29 is 28.7 Å². The lowest BCUT2D eigenvalue weighted by atomic mass is 10.0. The summed E-state index contributed by atoms with van der Waals surface area (Å²) < 4.78 is 9.57. The summed E-state index contributed by atoms with van der Waals surface area (Å²) in [7, 11) is 2.59. The Morgan fingerprint density at radius 3 is 1.66 bits per heavy atom. The van der Waals surface area contributed by atoms with E-state index in [2.05, 4.69) is 89.0 Å². The Morgan fingerprint density at radius 2 is 1.19 bits per heavy atom. The van der Waals surface area contributed by atoms with Gasteiger partial charge in [-0.3, -0.25) is 9.59 Å². The molecule has 0 unspecified atom stereocenters. The summed E-state index contributed by atoms with van der Waals surface area (Å²) >= 11 is 1.61. The number of hydrogen-bond acceptors (Lipinski definition) is 9. The zero-order valence-corrected chi connectivity index (χ0v) is 35.7. The Kier molecular flexibility index (Phi) is 12.1. The molecule has 0 spiro atoms. The molecule has 2 aliphatic rings. The average Bonchev–Trinajstić information content (AvgIpc) is 4.07. The van der Waals surface area contributed by atoms with Gasteiger partial charge < -0.3 is 39.9 Å². The number of thiophene rings is 1. The zero-order valence-electron chi connectivity index (χ0n) is 34.9. The third-order valence-corrected chi connectivity index (χ3v) is 12.6. The van der Waals surface area contributed by atoms with E-state index >= 15 is 0 Å². The number of nitrogens with one attached hydrogen (secondary N) is 4. The maximum atomic E-state index is 13.7. The van der Waals surface area contributed by atoms with Crippen LogP contribution in [0.4, 0.5) is 9.59 Å². The number of carbonyl (C=O) groups excluding carboxylic acids is 4. The molecule has 0 radical (unpaired) electrons. The summed E-state index contributed by atoms with van der Waals surface area (Å²) in [5, 5.41) is 5.43. The quantitative estimate of drug-likeness (QED) is 0.104. The van der Waals surface area contributed by atoms with Crippen molar-refractivity contribution in [2.24, 2.45) is 23.7 Å². The number of rotatable bonds is 11. The van der Waals surface area contributed by atoms with Crippen LogP contribution in [0.3, 0.4) is 0 Å². The van der Waals surface area contributed by atoms with E-state index in [1.54, 1.807) is 11.3 Å². The fourth-order valence-corrected chi connectivity index (χ4v) is 9.31. The molecule has 6 atom stereocenters. The smallest absolute Gasteiger partial charge is 0.407 e. The molecule has 2 fully saturated rings. The lowest BCUT2D eigenvalue weighted by Crippen LogP contribution is -2.51. The molecule has 3 aromatic heterocycles. The third-order valence-electron chi connectivity index (χ3n) is 11.5. The number of hydrogen-bond donors (Lipinski definition) is 4.